The summed E-state index contributed by atoms with van der Waals surface area (Å²) in [6.45, 7) is 4.64. The second kappa shape index (κ2) is 9.44. The van der Waals surface area contributed by atoms with Crippen molar-refractivity contribution < 1.29 is 0 Å². The minimum atomic E-state index is 1.11. The molecule has 0 saturated carbocycles. The zero-order valence-corrected chi connectivity index (χ0v) is 10.3. The van der Waals surface area contributed by atoms with E-state index in [9.17, 15) is 0 Å². The SMILES string of the molecule is CN(C)CCCCCNCCN(C)C. The molecule has 3 nitrogen and oxygen atoms in total. The summed E-state index contributed by atoms with van der Waals surface area (Å²) in [5, 5.41) is 3.45. The van der Waals surface area contributed by atoms with E-state index >= 15 is 0 Å². The maximum Gasteiger partial charge on any atom is 0.0101 e. The highest BCUT2D eigenvalue weighted by atomic mass is 15.1. The number of nitrogens with one attached hydrogen (secondary N) is 1. The summed E-state index contributed by atoms with van der Waals surface area (Å²) in [6, 6.07) is 0. The standard InChI is InChI=1S/C11H27N3/c1-13(2)10-7-5-6-8-12-9-11-14(3)4/h12H,5-11H2,1-4H3. The van der Waals surface area contributed by atoms with Crippen molar-refractivity contribution in [3.05, 3.63) is 0 Å². The average molecular weight is 201 g/mol. The minimum Gasteiger partial charge on any atom is -0.315 e. The number of hydrogen-bond acceptors (Lipinski definition) is 3. The zero-order valence-electron chi connectivity index (χ0n) is 10.3. The van der Waals surface area contributed by atoms with E-state index in [1.165, 1.54) is 32.4 Å². The van der Waals surface area contributed by atoms with Gasteiger partial charge < -0.3 is 15.1 Å². The smallest absolute Gasteiger partial charge is 0.0101 e. The summed E-state index contributed by atoms with van der Waals surface area (Å²) in [4.78, 5) is 4.46. The Labute approximate surface area is 89.5 Å². The van der Waals surface area contributed by atoms with Crippen LogP contribution in [0.1, 0.15) is 19.3 Å². The second-order valence-electron chi connectivity index (χ2n) is 4.42. The molecule has 0 heterocycles. The molecule has 0 aliphatic heterocycles. The fourth-order valence-corrected chi connectivity index (χ4v) is 1.28. The van der Waals surface area contributed by atoms with Gasteiger partial charge in [0.1, 0.15) is 0 Å². The fraction of sp³-hybridized carbons (Fsp3) is 1.00. The number of nitrogens with zero attached hydrogens (tertiary/aromatic N) is 2. The van der Waals surface area contributed by atoms with Crippen LogP contribution < -0.4 is 5.32 Å². The molecule has 0 aromatic heterocycles. The summed E-state index contributed by atoms with van der Waals surface area (Å²) in [6.07, 6.45) is 3.97. The van der Waals surface area contributed by atoms with E-state index < -0.39 is 0 Å². The lowest BCUT2D eigenvalue weighted by atomic mass is 10.2. The third-order valence-electron chi connectivity index (χ3n) is 2.19. The maximum absolute atomic E-state index is 3.45. The van der Waals surface area contributed by atoms with Crippen LogP contribution in [0.2, 0.25) is 0 Å². The van der Waals surface area contributed by atoms with Crippen LogP contribution in [-0.4, -0.2) is 64.2 Å². The maximum atomic E-state index is 3.45. The first-order valence-corrected chi connectivity index (χ1v) is 5.63. The Morgan fingerprint density at radius 2 is 1.36 bits per heavy atom. The summed E-state index contributed by atoms with van der Waals surface area (Å²) in [7, 11) is 8.49. The molecule has 0 amide bonds. The molecular weight excluding hydrogens is 174 g/mol. The van der Waals surface area contributed by atoms with Crippen LogP contribution in [0.25, 0.3) is 0 Å². The van der Waals surface area contributed by atoms with Crippen molar-refractivity contribution in [2.75, 3.05) is 54.4 Å². The van der Waals surface area contributed by atoms with E-state index in [-0.39, 0.29) is 0 Å². The minimum absolute atomic E-state index is 1.11. The van der Waals surface area contributed by atoms with E-state index in [0.717, 1.165) is 13.1 Å². The Bertz CT molecular complexity index is 99.1. The molecule has 86 valence electrons. The van der Waals surface area contributed by atoms with E-state index in [1.54, 1.807) is 0 Å². The molecular formula is C11H27N3. The molecule has 0 atom stereocenters. The highest BCUT2D eigenvalue weighted by Crippen LogP contribution is 1.94. The molecule has 0 aromatic carbocycles. The van der Waals surface area contributed by atoms with Crippen molar-refractivity contribution >= 4 is 0 Å². The topological polar surface area (TPSA) is 18.5 Å². The molecule has 14 heavy (non-hydrogen) atoms. The van der Waals surface area contributed by atoms with Crippen LogP contribution in [-0.2, 0) is 0 Å². The first-order chi connectivity index (χ1) is 6.63. The Morgan fingerprint density at radius 1 is 0.714 bits per heavy atom. The van der Waals surface area contributed by atoms with Gasteiger partial charge in [-0.15, -0.1) is 0 Å². The van der Waals surface area contributed by atoms with Gasteiger partial charge in [-0.25, -0.2) is 0 Å². The van der Waals surface area contributed by atoms with Gasteiger partial charge >= 0.3 is 0 Å². The highest BCUT2D eigenvalue weighted by Gasteiger charge is 1.92. The normalized spacial score (nSPS) is 11.6. The van der Waals surface area contributed by atoms with Crippen LogP contribution in [0.4, 0.5) is 0 Å². The molecule has 0 aliphatic rings. The van der Waals surface area contributed by atoms with Crippen molar-refractivity contribution in [2.24, 2.45) is 0 Å². The molecule has 0 bridgehead atoms. The van der Waals surface area contributed by atoms with Crippen molar-refractivity contribution in [1.82, 2.24) is 15.1 Å². The number of hydrogen-bond donors (Lipinski definition) is 1. The predicted octanol–water partition coefficient (Wildman–Crippen LogP) is 0.870. The van der Waals surface area contributed by atoms with Crippen LogP contribution in [0.5, 0.6) is 0 Å². The third kappa shape index (κ3) is 11.9. The van der Waals surface area contributed by atoms with Gasteiger partial charge in [0.15, 0.2) is 0 Å². The Hall–Kier alpha value is -0.120. The quantitative estimate of drug-likeness (QED) is 0.559. The molecule has 3 heteroatoms. The van der Waals surface area contributed by atoms with E-state index in [4.69, 9.17) is 0 Å². The summed E-state index contributed by atoms with van der Waals surface area (Å²) in [5.74, 6) is 0. The predicted molar refractivity (Wildman–Crippen MR) is 63.8 cm³/mol. The Kier molecular flexibility index (Phi) is 9.35. The lowest BCUT2D eigenvalue weighted by molar-refractivity contribution is 0.384. The number of rotatable bonds is 9. The lowest BCUT2D eigenvalue weighted by Crippen LogP contribution is -2.27. The summed E-state index contributed by atoms with van der Waals surface area (Å²) in [5.41, 5.74) is 0. The van der Waals surface area contributed by atoms with Gasteiger partial charge in [-0.2, -0.15) is 0 Å². The molecule has 0 aromatic rings. The largest absolute Gasteiger partial charge is 0.315 e. The number of likely N-dealkylation sites (N-methyl/N-ethyl adjacent to an activating group) is 1. The zero-order chi connectivity index (χ0) is 10.8. The van der Waals surface area contributed by atoms with Gasteiger partial charge in [0.25, 0.3) is 0 Å². The molecule has 0 saturated heterocycles. The van der Waals surface area contributed by atoms with Crippen LogP contribution in [0, 0.1) is 0 Å². The van der Waals surface area contributed by atoms with Crippen LogP contribution >= 0.6 is 0 Å². The second-order valence-corrected chi connectivity index (χ2v) is 4.42. The lowest BCUT2D eigenvalue weighted by Gasteiger charge is -2.11. The molecule has 0 radical (unpaired) electrons. The summed E-state index contributed by atoms with van der Waals surface area (Å²) < 4.78 is 0. The highest BCUT2D eigenvalue weighted by molar-refractivity contribution is 4.52. The summed E-state index contributed by atoms with van der Waals surface area (Å²) >= 11 is 0. The van der Waals surface area contributed by atoms with E-state index in [0.29, 0.717) is 0 Å². The molecule has 0 fully saturated rings. The number of unbranched alkanes of at least 4 members (excludes halogenated alkanes) is 2. The third-order valence-corrected chi connectivity index (χ3v) is 2.19. The van der Waals surface area contributed by atoms with E-state index in [2.05, 4.69) is 43.3 Å². The Balaban J connectivity index is 2.92. The molecule has 1 N–H and O–H groups in total. The first-order valence-electron chi connectivity index (χ1n) is 5.63. The molecule has 0 rings (SSSR count). The van der Waals surface area contributed by atoms with Crippen molar-refractivity contribution in [3.63, 3.8) is 0 Å². The monoisotopic (exact) mass is 201 g/mol. The van der Waals surface area contributed by atoms with Gasteiger partial charge in [-0.3, -0.25) is 0 Å². The molecule has 0 spiro atoms. The van der Waals surface area contributed by atoms with Crippen molar-refractivity contribution in [3.8, 4) is 0 Å². The van der Waals surface area contributed by atoms with Gasteiger partial charge in [0.05, 0.1) is 0 Å². The van der Waals surface area contributed by atoms with E-state index in [1.807, 2.05) is 0 Å². The molecule has 0 aliphatic carbocycles. The average Bonchev–Trinajstić information content (AvgIpc) is 2.08. The van der Waals surface area contributed by atoms with Gasteiger partial charge in [0.2, 0.25) is 0 Å². The van der Waals surface area contributed by atoms with Gasteiger partial charge in [0, 0.05) is 13.1 Å². The van der Waals surface area contributed by atoms with Crippen molar-refractivity contribution in [1.29, 1.82) is 0 Å². The van der Waals surface area contributed by atoms with Gasteiger partial charge in [-0.1, -0.05) is 6.42 Å². The van der Waals surface area contributed by atoms with Gasteiger partial charge in [-0.05, 0) is 54.1 Å². The van der Waals surface area contributed by atoms with Crippen LogP contribution in [0.3, 0.4) is 0 Å². The molecule has 0 unspecified atom stereocenters. The van der Waals surface area contributed by atoms with Crippen LogP contribution in [0.15, 0.2) is 0 Å². The fourth-order valence-electron chi connectivity index (χ4n) is 1.28. The Morgan fingerprint density at radius 3 is 1.93 bits per heavy atom. The van der Waals surface area contributed by atoms with Crippen molar-refractivity contribution in [2.45, 2.75) is 19.3 Å². The first kappa shape index (κ1) is 13.9.